The van der Waals surface area contributed by atoms with Gasteiger partial charge in [0, 0.05) is 6.54 Å². The van der Waals surface area contributed by atoms with Crippen molar-refractivity contribution < 1.29 is 4.79 Å². The Morgan fingerprint density at radius 1 is 1.67 bits per heavy atom. The van der Waals surface area contributed by atoms with Gasteiger partial charge >= 0.3 is 0 Å². The number of imidazole rings is 1. The molecule has 1 aromatic heterocycles. The van der Waals surface area contributed by atoms with Crippen molar-refractivity contribution in [1.82, 2.24) is 20.2 Å². The lowest BCUT2D eigenvalue weighted by molar-refractivity contribution is 0.0935. The predicted molar refractivity (Wildman–Crippen MR) is 42.4 cm³/mol. The highest BCUT2D eigenvalue weighted by molar-refractivity contribution is 5.93. The molecule has 0 radical (unpaired) electrons. The smallest absolute Gasteiger partial charge is 0.272 e. The minimum Gasteiger partial charge on any atom is -0.347 e. The average Bonchev–Trinajstić information content (AvgIpc) is 2.44. The molecule has 2 rings (SSSR count). The van der Waals surface area contributed by atoms with Gasteiger partial charge in [0.2, 0.25) is 0 Å². The molecule has 1 aromatic rings. The van der Waals surface area contributed by atoms with E-state index in [0.717, 1.165) is 12.2 Å². The van der Waals surface area contributed by atoms with Gasteiger partial charge in [-0.15, -0.1) is 0 Å². The molecular formula is C7H10N4O. The molecule has 1 amide bonds. The van der Waals surface area contributed by atoms with Crippen LogP contribution in [0.1, 0.15) is 16.2 Å². The molecule has 0 atom stereocenters. The summed E-state index contributed by atoms with van der Waals surface area (Å²) in [6.07, 6.45) is 1.55. The lowest BCUT2D eigenvalue weighted by atomic mass is 10.3. The Balaban J connectivity index is 2.38. The SMILES string of the molecule is CN1CNC(=O)c2nc[nH]c2C1. The molecule has 0 saturated carbocycles. The van der Waals surface area contributed by atoms with Gasteiger partial charge in [0.1, 0.15) is 5.69 Å². The topological polar surface area (TPSA) is 61.0 Å². The van der Waals surface area contributed by atoms with Crippen LogP contribution >= 0.6 is 0 Å². The van der Waals surface area contributed by atoms with Crippen LogP contribution in [0.4, 0.5) is 0 Å². The minimum absolute atomic E-state index is 0.101. The first-order valence-corrected chi connectivity index (χ1v) is 3.76. The molecule has 2 heterocycles. The zero-order valence-corrected chi connectivity index (χ0v) is 6.79. The largest absolute Gasteiger partial charge is 0.347 e. The Labute approximate surface area is 69.8 Å². The number of carbonyl (C=O) groups is 1. The number of aromatic amines is 1. The molecule has 1 aliphatic rings. The van der Waals surface area contributed by atoms with E-state index >= 15 is 0 Å². The predicted octanol–water partition coefficient (Wildman–Crippen LogP) is -0.458. The van der Waals surface area contributed by atoms with Crippen molar-refractivity contribution in [2.45, 2.75) is 6.54 Å². The lowest BCUT2D eigenvalue weighted by Gasteiger charge is -2.11. The maximum Gasteiger partial charge on any atom is 0.272 e. The first-order valence-electron chi connectivity index (χ1n) is 3.76. The number of H-pyrrole nitrogens is 1. The van der Waals surface area contributed by atoms with Crippen molar-refractivity contribution in [3.05, 3.63) is 17.7 Å². The van der Waals surface area contributed by atoms with Crippen LogP contribution < -0.4 is 5.32 Å². The lowest BCUT2D eigenvalue weighted by Crippen LogP contribution is -2.31. The molecule has 12 heavy (non-hydrogen) atoms. The average molecular weight is 166 g/mol. The summed E-state index contributed by atoms with van der Waals surface area (Å²) in [6.45, 7) is 1.30. The minimum atomic E-state index is -0.101. The molecular weight excluding hydrogens is 156 g/mol. The van der Waals surface area contributed by atoms with Crippen molar-refractivity contribution in [1.29, 1.82) is 0 Å². The van der Waals surface area contributed by atoms with Crippen LogP contribution in [0, 0.1) is 0 Å². The standard InChI is InChI=1S/C7H10N4O/c1-11-2-5-6(9-3-8-5)7(12)10-4-11/h3H,2,4H2,1H3,(H,8,9)(H,10,12). The second-order valence-electron chi connectivity index (χ2n) is 2.91. The Bertz CT molecular complexity index is 306. The molecule has 2 N–H and O–H groups in total. The monoisotopic (exact) mass is 166 g/mol. The van der Waals surface area contributed by atoms with Crippen molar-refractivity contribution in [3.63, 3.8) is 0 Å². The summed E-state index contributed by atoms with van der Waals surface area (Å²) in [5.74, 6) is -0.101. The third-order valence-corrected chi connectivity index (χ3v) is 1.87. The normalized spacial score (nSPS) is 18.2. The number of rotatable bonds is 0. The number of hydrogen-bond donors (Lipinski definition) is 2. The number of aromatic nitrogens is 2. The van der Waals surface area contributed by atoms with Crippen LogP contribution in [0.15, 0.2) is 6.33 Å². The van der Waals surface area contributed by atoms with Gasteiger partial charge in [-0.2, -0.15) is 0 Å². The molecule has 0 fully saturated rings. The summed E-state index contributed by atoms with van der Waals surface area (Å²) in [7, 11) is 1.94. The fourth-order valence-corrected chi connectivity index (χ4v) is 1.25. The third kappa shape index (κ3) is 1.08. The Kier molecular flexibility index (Phi) is 1.58. The van der Waals surface area contributed by atoms with Crippen LogP contribution in [-0.2, 0) is 6.54 Å². The second-order valence-corrected chi connectivity index (χ2v) is 2.91. The Hall–Kier alpha value is -1.36. The Morgan fingerprint density at radius 2 is 2.50 bits per heavy atom. The summed E-state index contributed by atoms with van der Waals surface area (Å²) in [4.78, 5) is 20.2. The van der Waals surface area contributed by atoms with E-state index in [0.29, 0.717) is 12.4 Å². The van der Waals surface area contributed by atoms with Crippen molar-refractivity contribution >= 4 is 5.91 Å². The summed E-state index contributed by atoms with van der Waals surface area (Å²) < 4.78 is 0. The number of hydrogen-bond acceptors (Lipinski definition) is 3. The zero-order valence-electron chi connectivity index (χ0n) is 6.79. The highest BCUT2D eigenvalue weighted by Gasteiger charge is 2.19. The molecule has 0 aromatic carbocycles. The summed E-state index contributed by atoms with van der Waals surface area (Å²) in [5, 5.41) is 2.74. The molecule has 5 heteroatoms. The number of nitrogens with zero attached hydrogens (tertiary/aromatic N) is 2. The van der Waals surface area contributed by atoms with Crippen LogP contribution in [0.5, 0.6) is 0 Å². The quantitative estimate of drug-likeness (QED) is 0.548. The number of fused-ring (bicyclic) bond motifs is 1. The molecule has 0 aliphatic carbocycles. The van der Waals surface area contributed by atoms with Gasteiger partial charge in [-0.3, -0.25) is 9.69 Å². The van der Waals surface area contributed by atoms with Gasteiger partial charge in [0.15, 0.2) is 0 Å². The van der Waals surface area contributed by atoms with Crippen molar-refractivity contribution in [2.75, 3.05) is 13.7 Å². The van der Waals surface area contributed by atoms with Gasteiger partial charge < -0.3 is 10.3 Å². The van der Waals surface area contributed by atoms with Gasteiger partial charge in [0.05, 0.1) is 18.7 Å². The van der Waals surface area contributed by atoms with E-state index in [-0.39, 0.29) is 5.91 Å². The van der Waals surface area contributed by atoms with Crippen molar-refractivity contribution in [2.24, 2.45) is 0 Å². The van der Waals surface area contributed by atoms with Crippen LogP contribution in [0.2, 0.25) is 0 Å². The second kappa shape index (κ2) is 2.60. The Morgan fingerprint density at radius 3 is 3.33 bits per heavy atom. The van der Waals surface area contributed by atoms with E-state index in [1.54, 1.807) is 6.33 Å². The van der Waals surface area contributed by atoms with Gasteiger partial charge in [0.25, 0.3) is 5.91 Å². The molecule has 0 unspecified atom stereocenters. The number of amides is 1. The van der Waals surface area contributed by atoms with E-state index < -0.39 is 0 Å². The van der Waals surface area contributed by atoms with E-state index in [9.17, 15) is 4.79 Å². The van der Waals surface area contributed by atoms with Gasteiger partial charge in [-0.25, -0.2) is 4.98 Å². The fourth-order valence-electron chi connectivity index (χ4n) is 1.25. The van der Waals surface area contributed by atoms with E-state index in [1.165, 1.54) is 0 Å². The van der Waals surface area contributed by atoms with Crippen LogP contribution in [-0.4, -0.2) is 34.5 Å². The fraction of sp³-hybridized carbons (Fsp3) is 0.429. The highest BCUT2D eigenvalue weighted by atomic mass is 16.2. The van der Waals surface area contributed by atoms with E-state index in [4.69, 9.17) is 0 Å². The van der Waals surface area contributed by atoms with Gasteiger partial charge in [-0.1, -0.05) is 0 Å². The molecule has 1 aliphatic heterocycles. The molecule has 0 spiro atoms. The molecule has 0 bridgehead atoms. The summed E-state index contributed by atoms with van der Waals surface area (Å²) in [5.41, 5.74) is 1.40. The summed E-state index contributed by atoms with van der Waals surface area (Å²) in [6, 6.07) is 0. The third-order valence-electron chi connectivity index (χ3n) is 1.87. The van der Waals surface area contributed by atoms with Crippen molar-refractivity contribution in [3.8, 4) is 0 Å². The van der Waals surface area contributed by atoms with E-state index in [2.05, 4.69) is 15.3 Å². The van der Waals surface area contributed by atoms with Crippen LogP contribution in [0.25, 0.3) is 0 Å². The first-order chi connectivity index (χ1) is 5.77. The summed E-state index contributed by atoms with van der Waals surface area (Å²) >= 11 is 0. The van der Waals surface area contributed by atoms with Gasteiger partial charge in [-0.05, 0) is 7.05 Å². The molecule has 5 nitrogen and oxygen atoms in total. The van der Waals surface area contributed by atoms with E-state index in [1.807, 2.05) is 11.9 Å². The zero-order chi connectivity index (χ0) is 8.55. The molecule has 0 saturated heterocycles. The number of nitrogens with one attached hydrogen (secondary N) is 2. The van der Waals surface area contributed by atoms with Crippen LogP contribution in [0.3, 0.4) is 0 Å². The maximum absolute atomic E-state index is 11.3. The first kappa shape index (κ1) is 7.30. The maximum atomic E-state index is 11.3. The highest BCUT2D eigenvalue weighted by Crippen LogP contribution is 2.07. The number of carbonyl (C=O) groups excluding carboxylic acids is 1. The molecule has 64 valence electrons.